The van der Waals surface area contributed by atoms with Gasteiger partial charge in [0.15, 0.2) is 0 Å². The van der Waals surface area contributed by atoms with Gasteiger partial charge in [0.05, 0.1) is 11.7 Å². The molecule has 1 N–H and O–H groups in total. The normalized spacial score (nSPS) is 17.0. The molecule has 1 aliphatic carbocycles. The molecular formula is C17H28N4O2. The lowest BCUT2D eigenvalue weighted by Gasteiger charge is -2.24. The summed E-state index contributed by atoms with van der Waals surface area (Å²) >= 11 is 0. The zero-order valence-corrected chi connectivity index (χ0v) is 14.6. The van der Waals surface area contributed by atoms with E-state index in [2.05, 4.69) is 10.4 Å². The summed E-state index contributed by atoms with van der Waals surface area (Å²) in [5.41, 5.74) is 2.08. The molecule has 0 spiro atoms. The minimum atomic E-state index is -0.0254. The Morgan fingerprint density at radius 1 is 1.39 bits per heavy atom. The second kappa shape index (κ2) is 7.62. The number of rotatable bonds is 6. The first-order chi connectivity index (χ1) is 11.0. The van der Waals surface area contributed by atoms with Gasteiger partial charge in [0.25, 0.3) is 0 Å². The van der Waals surface area contributed by atoms with Crippen LogP contribution in [0.3, 0.4) is 0 Å². The molecule has 1 aromatic heterocycles. The molecule has 1 aromatic rings. The van der Waals surface area contributed by atoms with Crippen LogP contribution in [-0.4, -0.2) is 40.6 Å². The molecule has 0 bridgehead atoms. The maximum atomic E-state index is 12.4. The molecule has 0 unspecified atom stereocenters. The molecule has 2 amide bonds. The van der Waals surface area contributed by atoms with E-state index in [0.717, 1.165) is 43.4 Å². The quantitative estimate of drug-likeness (QED) is 0.870. The van der Waals surface area contributed by atoms with Crippen molar-refractivity contribution >= 4 is 11.8 Å². The van der Waals surface area contributed by atoms with Gasteiger partial charge >= 0.3 is 0 Å². The van der Waals surface area contributed by atoms with E-state index in [9.17, 15) is 9.59 Å². The van der Waals surface area contributed by atoms with Crippen molar-refractivity contribution in [2.45, 2.75) is 58.5 Å². The summed E-state index contributed by atoms with van der Waals surface area (Å²) in [5.74, 6) is 0.201. The van der Waals surface area contributed by atoms with Crippen molar-refractivity contribution in [2.24, 2.45) is 5.92 Å². The molecule has 1 heterocycles. The van der Waals surface area contributed by atoms with Crippen LogP contribution in [0.15, 0.2) is 6.20 Å². The number of aryl methyl sites for hydroxylation is 1. The van der Waals surface area contributed by atoms with E-state index in [-0.39, 0.29) is 30.3 Å². The second-order valence-electron chi connectivity index (χ2n) is 6.49. The number of aromatic nitrogens is 2. The average molecular weight is 320 g/mol. The predicted octanol–water partition coefficient (Wildman–Crippen LogP) is 1.90. The number of likely N-dealkylation sites (N-methyl/N-ethyl adjacent to an activating group) is 1. The van der Waals surface area contributed by atoms with Gasteiger partial charge in [0, 0.05) is 26.2 Å². The van der Waals surface area contributed by atoms with Crippen LogP contribution in [0.5, 0.6) is 0 Å². The fraction of sp³-hybridized carbons (Fsp3) is 0.706. The van der Waals surface area contributed by atoms with Gasteiger partial charge in [-0.25, -0.2) is 0 Å². The van der Waals surface area contributed by atoms with Crippen LogP contribution < -0.4 is 5.32 Å². The predicted molar refractivity (Wildman–Crippen MR) is 88.8 cm³/mol. The second-order valence-corrected chi connectivity index (χ2v) is 6.49. The molecule has 23 heavy (non-hydrogen) atoms. The van der Waals surface area contributed by atoms with Crippen LogP contribution in [0.4, 0.5) is 0 Å². The van der Waals surface area contributed by atoms with E-state index in [1.807, 2.05) is 20.0 Å². The van der Waals surface area contributed by atoms with Crippen molar-refractivity contribution < 1.29 is 9.59 Å². The fourth-order valence-corrected chi connectivity index (χ4v) is 3.05. The van der Waals surface area contributed by atoms with Crippen molar-refractivity contribution in [1.29, 1.82) is 0 Å². The third-order valence-corrected chi connectivity index (χ3v) is 4.61. The smallest absolute Gasteiger partial charge is 0.243 e. The van der Waals surface area contributed by atoms with Crippen molar-refractivity contribution in [2.75, 3.05) is 14.1 Å². The van der Waals surface area contributed by atoms with Gasteiger partial charge in [0.1, 0.15) is 6.54 Å². The molecule has 0 aliphatic heterocycles. The highest BCUT2D eigenvalue weighted by Gasteiger charge is 2.27. The van der Waals surface area contributed by atoms with Gasteiger partial charge in [-0.3, -0.25) is 14.3 Å². The highest BCUT2D eigenvalue weighted by molar-refractivity contribution is 5.79. The lowest BCUT2D eigenvalue weighted by atomic mass is 9.92. The fourth-order valence-electron chi connectivity index (χ4n) is 3.05. The standard InChI is InChI=1S/C17H28N4O2/c1-5-12(6-2)17(23)18-14-9-7-8-13-10-21(19-16(13)14)11-15(22)20(3)4/h10,12,14H,5-9,11H2,1-4H3,(H,18,23)/t14-/m0/s1. The first kappa shape index (κ1) is 17.5. The minimum absolute atomic E-state index is 0.0162. The topological polar surface area (TPSA) is 67.2 Å². The van der Waals surface area contributed by atoms with Crippen LogP contribution in [0.25, 0.3) is 0 Å². The molecule has 0 radical (unpaired) electrons. The summed E-state index contributed by atoms with van der Waals surface area (Å²) in [4.78, 5) is 25.8. The minimum Gasteiger partial charge on any atom is -0.347 e. The van der Waals surface area contributed by atoms with E-state index < -0.39 is 0 Å². The SMILES string of the molecule is CCC(CC)C(=O)N[C@H]1CCCc2cn(CC(=O)N(C)C)nc21. The maximum absolute atomic E-state index is 12.4. The van der Waals surface area contributed by atoms with Gasteiger partial charge in [-0.05, 0) is 37.7 Å². The number of nitrogens with one attached hydrogen (secondary N) is 1. The van der Waals surface area contributed by atoms with Crippen LogP contribution in [0.2, 0.25) is 0 Å². The molecular weight excluding hydrogens is 292 g/mol. The van der Waals surface area contributed by atoms with Crippen LogP contribution >= 0.6 is 0 Å². The largest absolute Gasteiger partial charge is 0.347 e. The summed E-state index contributed by atoms with van der Waals surface area (Å²) in [6, 6.07) is -0.0254. The molecule has 6 nitrogen and oxygen atoms in total. The Balaban J connectivity index is 2.11. The Hall–Kier alpha value is -1.85. The number of amides is 2. The van der Waals surface area contributed by atoms with Crippen molar-refractivity contribution in [1.82, 2.24) is 20.0 Å². The Kier molecular flexibility index (Phi) is 5.80. The lowest BCUT2D eigenvalue weighted by molar-refractivity contribution is -0.129. The van der Waals surface area contributed by atoms with Crippen LogP contribution in [-0.2, 0) is 22.6 Å². The highest BCUT2D eigenvalue weighted by atomic mass is 16.2. The monoisotopic (exact) mass is 320 g/mol. The Labute approximate surface area is 138 Å². The Bertz CT molecular complexity index is 561. The molecule has 1 atom stereocenters. The van der Waals surface area contributed by atoms with E-state index in [0.29, 0.717) is 0 Å². The van der Waals surface area contributed by atoms with Gasteiger partial charge in [-0.1, -0.05) is 13.8 Å². The Morgan fingerprint density at radius 3 is 2.70 bits per heavy atom. The number of carbonyl (C=O) groups excluding carboxylic acids is 2. The van der Waals surface area contributed by atoms with E-state index in [1.54, 1.807) is 23.7 Å². The van der Waals surface area contributed by atoms with Gasteiger partial charge < -0.3 is 10.2 Å². The molecule has 0 fully saturated rings. The number of fused-ring (bicyclic) bond motifs is 1. The number of hydrogen-bond acceptors (Lipinski definition) is 3. The highest BCUT2D eigenvalue weighted by Crippen LogP contribution is 2.29. The van der Waals surface area contributed by atoms with Gasteiger partial charge in [-0.15, -0.1) is 0 Å². The average Bonchev–Trinajstić information content (AvgIpc) is 2.91. The molecule has 1 aliphatic rings. The first-order valence-corrected chi connectivity index (χ1v) is 8.53. The molecule has 2 rings (SSSR count). The lowest BCUT2D eigenvalue weighted by Crippen LogP contribution is -2.35. The molecule has 128 valence electrons. The summed E-state index contributed by atoms with van der Waals surface area (Å²) in [7, 11) is 3.48. The van der Waals surface area contributed by atoms with Crippen LogP contribution in [0, 0.1) is 5.92 Å². The zero-order valence-electron chi connectivity index (χ0n) is 14.6. The first-order valence-electron chi connectivity index (χ1n) is 8.53. The van der Waals surface area contributed by atoms with E-state index in [4.69, 9.17) is 0 Å². The molecule has 0 saturated carbocycles. The molecule has 0 saturated heterocycles. The maximum Gasteiger partial charge on any atom is 0.243 e. The van der Waals surface area contributed by atoms with Gasteiger partial charge in [-0.2, -0.15) is 5.10 Å². The third kappa shape index (κ3) is 4.12. The third-order valence-electron chi connectivity index (χ3n) is 4.61. The van der Waals surface area contributed by atoms with Crippen molar-refractivity contribution in [3.05, 3.63) is 17.5 Å². The number of nitrogens with zero attached hydrogens (tertiary/aromatic N) is 3. The summed E-state index contributed by atoms with van der Waals surface area (Å²) in [6.07, 6.45) is 6.57. The summed E-state index contributed by atoms with van der Waals surface area (Å²) < 4.78 is 1.70. The summed E-state index contributed by atoms with van der Waals surface area (Å²) in [5, 5.41) is 7.73. The number of hydrogen-bond donors (Lipinski definition) is 1. The van der Waals surface area contributed by atoms with Gasteiger partial charge in [0.2, 0.25) is 11.8 Å². The molecule has 6 heteroatoms. The van der Waals surface area contributed by atoms with Crippen molar-refractivity contribution in [3.8, 4) is 0 Å². The van der Waals surface area contributed by atoms with E-state index >= 15 is 0 Å². The number of carbonyl (C=O) groups is 2. The van der Waals surface area contributed by atoms with Crippen LogP contribution in [0.1, 0.15) is 56.8 Å². The molecule has 0 aromatic carbocycles. The zero-order chi connectivity index (χ0) is 17.0. The van der Waals surface area contributed by atoms with Crippen molar-refractivity contribution in [3.63, 3.8) is 0 Å². The summed E-state index contributed by atoms with van der Waals surface area (Å²) in [6.45, 7) is 4.33. The van der Waals surface area contributed by atoms with E-state index in [1.165, 1.54) is 0 Å². The Morgan fingerprint density at radius 2 is 2.09 bits per heavy atom.